The van der Waals surface area contributed by atoms with Crippen LogP contribution in [0.4, 0.5) is 30.7 Å². The first-order valence-electron chi connectivity index (χ1n) is 12.7. The maximum Gasteiger partial charge on any atom is 0.416 e. The van der Waals surface area contributed by atoms with Gasteiger partial charge in [0.2, 0.25) is 5.76 Å². The van der Waals surface area contributed by atoms with E-state index in [9.17, 15) is 35.5 Å². The minimum absolute atomic E-state index is 0.0468. The fourth-order valence-electron chi connectivity index (χ4n) is 5.65. The highest BCUT2D eigenvalue weighted by molar-refractivity contribution is 5.91. The summed E-state index contributed by atoms with van der Waals surface area (Å²) in [6.45, 7) is 3.69. The molecule has 220 valence electrons. The van der Waals surface area contributed by atoms with E-state index in [4.69, 9.17) is 13.9 Å². The van der Waals surface area contributed by atoms with Gasteiger partial charge in [0.15, 0.2) is 12.7 Å². The highest BCUT2D eigenvalue weighted by Crippen LogP contribution is 2.46. The van der Waals surface area contributed by atoms with E-state index < -0.39 is 47.6 Å². The predicted octanol–water partition coefficient (Wildman–Crippen LogP) is 6.77. The number of rotatable bonds is 5. The summed E-state index contributed by atoms with van der Waals surface area (Å²) in [5.41, 5.74) is -2.05. The SMILES string of the molecule is Cc1cc(F)ccc1[C@H]1C2CN(C(=O)c3cnco3)C[C@H]2CO[C@@H]1O[C@H](C)c1cc(C(F)(F)F)cc(C(F)(F)F)c1. The van der Waals surface area contributed by atoms with Crippen LogP contribution in [0, 0.1) is 24.6 Å². The molecule has 2 saturated heterocycles. The summed E-state index contributed by atoms with van der Waals surface area (Å²) in [6, 6.07) is 5.42. The molecule has 5 atom stereocenters. The molecule has 1 amide bonds. The Bertz CT molecular complexity index is 1380. The molecule has 1 aromatic heterocycles. The van der Waals surface area contributed by atoms with Gasteiger partial charge in [-0.3, -0.25) is 4.79 Å². The number of halogens is 7. The minimum atomic E-state index is -5.01. The van der Waals surface area contributed by atoms with Crippen LogP contribution in [0.2, 0.25) is 0 Å². The number of hydrogen-bond donors (Lipinski definition) is 0. The van der Waals surface area contributed by atoms with Crippen molar-refractivity contribution in [3.8, 4) is 0 Å². The Labute approximate surface area is 230 Å². The topological polar surface area (TPSA) is 64.8 Å². The number of aryl methyl sites for hydroxylation is 1. The Hall–Kier alpha value is -3.45. The zero-order valence-electron chi connectivity index (χ0n) is 21.8. The second-order valence-electron chi connectivity index (χ2n) is 10.3. The first-order valence-corrected chi connectivity index (χ1v) is 12.7. The number of aromatic nitrogens is 1. The molecule has 3 heterocycles. The third-order valence-corrected chi connectivity index (χ3v) is 7.66. The van der Waals surface area contributed by atoms with Gasteiger partial charge in [0, 0.05) is 24.9 Å². The van der Waals surface area contributed by atoms with Gasteiger partial charge in [-0.25, -0.2) is 9.37 Å². The van der Waals surface area contributed by atoms with Crippen molar-refractivity contribution in [2.75, 3.05) is 19.7 Å². The molecular weight excluding hydrogens is 561 g/mol. The molecule has 2 fully saturated rings. The van der Waals surface area contributed by atoms with Crippen LogP contribution in [0.5, 0.6) is 0 Å². The Balaban J connectivity index is 1.47. The van der Waals surface area contributed by atoms with Crippen LogP contribution < -0.4 is 0 Å². The largest absolute Gasteiger partial charge is 0.438 e. The number of benzene rings is 2. The number of fused-ring (bicyclic) bond motifs is 1. The predicted molar refractivity (Wildman–Crippen MR) is 129 cm³/mol. The highest BCUT2D eigenvalue weighted by atomic mass is 19.4. The maximum absolute atomic E-state index is 14.0. The summed E-state index contributed by atoms with van der Waals surface area (Å²) in [5.74, 6) is -1.88. The first-order chi connectivity index (χ1) is 19.2. The van der Waals surface area contributed by atoms with E-state index in [-0.39, 0.29) is 48.3 Å². The van der Waals surface area contributed by atoms with Crippen LogP contribution in [-0.4, -0.2) is 41.8 Å². The Morgan fingerprint density at radius 1 is 1.05 bits per heavy atom. The Kier molecular flexibility index (Phi) is 7.62. The number of alkyl halides is 6. The van der Waals surface area contributed by atoms with E-state index >= 15 is 0 Å². The monoisotopic (exact) mass is 586 g/mol. The lowest BCUT2D eigenvalue weighted by Gasteiger charge is -2.41. The number of ether oxygens (including phenoxy) is 2. The van der Waals surface area contributed by atoms with Gasteiger partial charge in [0.1, 0.15) is 5.82 Å². The number of oxazole rings is 1. The van der Waals surface area contributed by atoms with Crippen LogP contribution in [-0.2, 0) is 21.8 Å². The molecule has 3 aromatic rings. The number of likely N-dealkylation sites (tertiary alicyclic amines) is 1. The molecule has 0 N–H and O–H groups in total. The lowest BCUT2D eigenvalue weighted by Crippen LogP contribution is -2.42. The molecule has 13 heteroatoms. The number of hydrogen-bond acceptors (Lipinski definition) is 5. The van der Waals surface area contributed by atoms with Crippen LogP contribution >= 0.6 is 0 Å². The van der Waals surface area contributed by atoms with E-state index in [1.54, 1.807) is 17.9 Å². The van der Waals surface area contributed by atoms with Crippen LogP contribution in [0.1, 0.15) is 57.3 Å². The van der Waals surface area contributed by atoms with Gasteiger partial charge in [-0.15, -0.1) is 0 Å². The second-order valence-corrected chi connectivity index (χ2v) is 10.3. The molecule has 0 saturated carbocycles. The Morgan fingerprint density at radius 2 is 1.73 bits per heavy atom. The maximum atomic E-state index is 14.0. The van der Waals surface area contributed by atoms with Crippen LogP contribution in [0.3, 0.4) is 0 Å². The van der Waals surface area contributed by atoms with E-state index in [0.29, 0.717) is 29.8 Å². The van der Waals surface area contributed by atoms with Gasteiger partial charge in [0.05, 0.1) is 30.0 Å². The van der Waals surface area contributed by atoms with Gasteiger partial charge in [-0.1, -0.05) is 6.07 Å². The van der Waals surface area contributed by atoms with Crippen molar-refractivity contribution < 1.29 is 49.4 Å². The molecule has 0 radical (unpaired) electrons. The molecule has 6 nitrogen and oxygen atoms in total. The number of carbonyl (C=O) groups is 1. The third-order valence-electron chi connectivity index (χ3n) is 7.66. The van der Waals surface area contributed by atoms with Gasteiger partial charge in [0.25, 0.3) is 5.91 Å². The molecule has 2 aliphatic heterocycles. The zero-order chi connectivity index (χ0) is 29.7. The normalized spacial score (nSPS) is 23.9. The van der Waals surface area contributed by atoms with Crippen molar-refractivity contribution in [2.45, 2.75) is 44.5 Å². The second kappa shape index (κ2) is 10.8. The zero-order valence-corrected chi connectivity index (χ0v) is 21.8. The minimum Gasteiger partial charge on any atom is -0.438 e. The van der Waals surface area contributed by atoms with Gasteiger partial charge in [-0.05, 0) is 66.8 Å². The van der Waals surface area contributed by atoms with Crippen LogP contribution in [0.25, 0.3) is 0 Å². The van der Waals surface area contributed by atoms with E-state index in [1.165, 1.54) is 25.3 Å². The van der Waals surface area contributed by atoms with E-state index in [0.717, 1.165) is 6.39 Å². The molecular formula is C28H25F7N2O4. The summed E-state index contributed by atoms with van der Waals surface area (Å²) in [5, 5.41) is 0. The molecule has 0 bridgehead atoms. The van der Waals surface area contributed by atoms with Crippen molar-refractivity contribution in [1.82, 2.24) is 9.88 Å². The summed E-state index contributed by atoms with van der Waals surface area (Å²) < 4.78 is 112. The lowest BCUT2D eigenvalue weighted by molar-refractivity contribution is -0.217. The molecule has 1 unspecified atom stereocenters. The number of carbonyl (C=O) groups excluding carboxylic acids is 1. The number of amides is 1. The standard InChI is InChI=1S/C28H25F7N2O4/c1-14-5-20(29)3-4-21(14)24-22-11-37(25(38)23-9-36-13-40-23)10-17(22)12-39-26(24)41-15(2)16-6-18(27(30,31)32)8-19(7-16)28(33,34)35/h3-9,13,15,17,22,24,26H,10-12H2,1-2H3/t15-,17+,22?,24+,26-/m1/s1. The van der Waals surface area contributed by atoms with E-state index in [1.807, 2.05) is 0 Å². The molecule has 0 aliphatic carbocycles. The van der Waals surface area contributed by atoms with Gasteiger partial charge < -0.3 is 18.8 Å². The van der Waals surface area contributed by atoms with Crippen molar-refractivity contribution in [1.29, 1.82) is 0 Å². The quantitative estimate of drug-likeness (QED) is 0.309. The van der Waals surface area contributed by atoms with E-state index in [2.05, 4.69) is 4.98 Å². The fourth-order valence-corrected chi connectivity index (χ4v) is 5.65. The highest BCUT2D eigenvalue weighted by Gasteiger charge is 2.49. The number of nitrogens with zero attached hydrogens (tertiary/aromatic N) is 2. The van der Waals surface area contributed by atoms with Crippen molar-refractivity contribution >= 4 is 5.91 Å². The molecule has 0 spiro atoms. The molecule has 41 heavy (non-hydrogen) atoms. The van der Waals surface area contributed by atoms with Crippen LogP contribution in [0.15, 0.2) is 53.4 Å². The fraction of sp³-hybridized carbons (Fsp3) is 0.429. The molecule has 5 rings (SSSR count). The van der Waals surface area contributed by atoms with Crippen molar-refractivity contribution in [3.63, 3.8) is 0 Å². The summed E-state index contributed by atoms with van der Waals surface area (Å²) in [6.07, 6.45) is -9.95. The van der Waals surface area contributed by atoms with Crippen molar-refractivity contribution in [3.05, 3.63) is 88.4 Å². The van der Waals surface area contributed by atoms with Crippen molar-refractivity contribution in [2.24, 2.45) is 11.8 Å². The third kappa shape index (κ3) is 5.96. The average molecular weight is 587 g/mol. The molecule has 2 aliphatic rings. The molecule has 2 aromatic carbocycles. The summed E-state index contributed by atoms with van der Waals surface area (Å²) in [4.78, 5) is 18.3. The van der Waals surface area contributed by atoms with Gasteiger partial charge >= 0.3 is 12.4 Å². The first kappa shape index (κ1) is 29.1. The lowest BCUT2D eigenvalue weighted by atomic mass is 9.76. The smallest absolute Gasteiger partial charge is 0.416 e. The Morgan fingerprint density at radius 3 is 2.32 bits per heavy atom. The average Bonchev–Trinajstić information content (AvgIpc) is 3.58. The van der Waals surface area contributed by atoms with Gasteiger partial charge in [-0.2, -0.15) is 26.3 Å². The summed E-state index contributed by atoms with van der Waals surface area (Å²) in [7, 11) is 0. The summed E-state index contributed by atoms with van der Waals surface area (Å²) >= 11 is 0.